The summed E-state index contributed by atoms with van der Waals surface area (Å²) in [6.45, 7) is 4.47. The van der Waals surface area contributed by atoms with E-state index in [0.717, 1.165) is 12.0 Å². The maximum absolute atomic E-state index is 12.6. The van der Waals surface area contributed by atoms with Gasteiger partial charge >= 0.3 is 0 Å². The fourth-order valence-electron chi connectivity index (χ4n) is 2.38. The van der Waals surface area contributed by atoms with Crippen molar-refractivity contribution in [3.63, 3.8) is 0 Å². The van der Waals surface area contributed by atoms with E-state index in [1.165, 1.54) is 0 Å². The Bertz CT molecular complexity index is 848. The van der Waals surface area contributed by atoms with Gasteiger partial charge in [0.2, 0.25) is 0 Å². The monoisotopic (exact) mass is 350 g/mol. The Kier molecular flexibility index (Phi) is 5.63. The smallest absolute Gasteiger partial charge is 0.270 e. The summed E-state index contributed by atoms with van der Waals surface area (Å²) >= 11 is 0. The van der Waals surface area contributed by atoms with E-state index in [0.29, 0.717) is 29.6 Å². The fraction of sp³-hybridized carbons (Fsp3) is 0.250. The van der Waals surface area contributed by atoms with Crippen LogP contribution in [0.4, 0.5) is 5.82 Å². The number of anilines is 1. The number of aromatic nitrogens is 2. The van der Waals surface area contributed by atoms with Crippen LogP contribution in [0.1, 0.15) is 36.5 Å². The Morgan fingerprint density at radius 3 is 2.65 bits per heavy atom. The zero-order valence-corrected chi connectivity index (χ0v) is 14.9. The van der Waals surface area contributed by atoms with Gasteiger partial charge in [-0.1, -0.05) is 37.3 Å². The highest BCUT2D eigenvalue weighted by Gasteiger charge is 2.14. The third-order valence-corrected chi connectivity index (χ3v) is 4.00. The quantitative estimate of drug-likeness (QED) is 0.676. The van der Waals surface area contributed by atoms with E-state index in [-0.39, 0.29) is 11.9 Å². The first-order valence-corrected chi connectivity index (χ1v) is 8.67. The van der Waals surface area contributed by atoms with Crippen molar-refractivity contribution in [3.05, 3.63) is 66.2 Å². The number of nitrogens with zero attached hydrogens (tertiary/aromatic N) is 2. The normalized spacial score (nSPS) is 11.8. The largest absolute Gasteiger partial charge is 0.467 e. The van der Waals surface area contributed by atoms with Crippen LogP contribution in [0.5, 0.6) is 0 Å². The maximum Gasteiger partial charge on any atom is 0.270 e. The van der Waals surface area contributed by atoms with Crippen LogP contribution in [0.3, 0.4) is 0 Å². The molecule has 0 aliphatic rings. The van der Waals surface area contributed by atoms with Crippen molar-refractivity contribution in [1.82, 2.24) is 15.3 Å². The Hall–Kier alpha value is -3.15. The third-order valence-electron chi connectivity index (χ3n) is 4.00. The molecule has 0 fully saturated rings. The Morgan fingerprint density at radius 2 is 1.96 bits per heavy atom. The van der Waals surface area contributed by atoms with Gasteiger partial charge < -0.3 is 15.1 Å². The van der Waals surface area contributed by atoms with Gasteiger partial charge in [0, 0.05) is 17.7 Å². The number of rotatable bonds is 7. The van der Waals surface area contributed by atoms with Gasteiger partial charge in [-0.25, -0.2) is 9.97 Å². The minimum Gasteiger partial charge on any atom is -0.467 e. The Labute approximate surface area is 152 Å². The summed E-state index contributed by atoms with van der Waals surface area (Å²) in [5.74, 6) is 1.57. The molecule has 26 heavy (non-hydrogen) atoms. The number of benzene rings is 1. The lowest BCUT2D eigenvalue weighted by Crippen LogP contribution is -2.24. The van der Waals surface area contributed by atoms with Gasteiger partial charge in [0.1, 0.15) is 17.3 Å². The summed E-state index contributed by atoms with van der Waals surface area (Å²) in [6.07, 6.45) is 2.53. The minimum atomic E-state index is -0.270. The second-order valence-electron chi connectivity index (χ2n) is 6.04. The molecule has 3 aromatic rings. The highest BCUT2D eigenvalue weighted by atomic mass is 16.3. The zero-order chi connectivity index (χ0) is 18.4. The SMILES string of the molecule is CCC(C)Nc1cc(C(=O)NCc2ccco2)nc(-c2ccccc2)n1. The van der Waals surface area contributed by atoms with Gasteiger partial charge in [0.05, 0.1) is 12.8 Å². The second-order valence-corrected chi connectivity index (χ2v) is 6.04. The van der Waals surface area contributed by atoms with Crippen molar-refractivity contribution >= 4 is 11.7 Å². The summed E-state index contributed by atoms with van der Waals surface area (Å²) < 4.78 is 5.24. The van der Waals surface area contributed by atoms with Crippen molar-refractivity contribution < 1.29 is 9.21 Å². The Balaban J connectivity index is 1.87. The van der Waals surface area contributed by atoms with Crippen LogP contribution >= 0.6 is 0 Å². The second kappa shape index (κ2) is 8.29. The molecule has 1 amide bonds. The average molecular weight is 350 g/mol. The third kappa shape index (κ3) is 4.47. The summed E-state index contributed by atoms with van der Waals surface area (Å²) in [6, 6.07) is 15.1. The number of amides is 1. The molecular formula is C20H22N4O2. The summed E-state index contributed by atoms with van der Waals surface area (Å²) in [5, 5.41) is 6.14. The molecular weight excluding hydrogens is 328 g/mol. The van der Waals surface area contributed by atoms with E-state index >= 15 is 0 Å². The van der Waals surface area contributed by atoms with Crippen molar-refractivity contribution in [2.75, 3.05) is 5.32 Å². The van der Waals surface area contributed by atoms with Gasteiger partial charge in [0.15, 0.2) is 5.82 Å². The first-order valence-electron chi connectivity index (χ1n) is 8.67. The lowest BCUT2D eigenvalue weighted by atomic mass is 10.2. The average Bonchev–Trinajstić information content (AvgIpc) is 3.20. The van der Waals surface area contributed by atoms with E-state index in [9.17, 15) is 4.79 Å². The molecule has 6 nitrogen and oxygen atoms in total. The number of hydrogen-bond acceptors (Lipinski definition) is 5. The van der Waals surface area contributed by atoms with E-state index in [1.807, 2.05) is 36.4 Å². The molecule has 0 bridgehead atoms. The number of carbonyl (C=O) groups excluding carboxylic acids is 1. The molecule has 134 valence electrons. The van der Waals surface area contributed by atoms with E-state index in [1.54, 1.807) is 18.4 Å². The number of carbonyl (C=O) groups is 1. The number of nitrogens with one attached hydrogen (secondary N) is 2. The number of hydrogen-bond donors (Lipinski definition) is 2. The fourth-order valence-corrected chi connectivity index (χ4v) is 2.38. The van der Waals surface area contributed by atoms with Crippen LogP contribution < -0.4 is 10.6 Å². The summed E-state index contributed by atoms with van der Waals surface area (Å²) in [4.78, 5) is 21.6. The maximum atomic E-state index is 12.6. The van der Waals surface area contributed by atoms with Crippen LogP contribution in [-0.2, 0) is 6.54 Å². The topological polar surface area (TPSA) is 80.0 Å². The zero-order valence-electron chi connectivity index (χ0n) is 14.9. The van der Waals surface area contributed by atoms with Gasteiger partial charge in [-0.15, -0.1) is 0 Å². The van der Waals surface area contributed by atoms with Crippen LogP contribution in [-0.4, -0.2) is 21.9 Å². The highest BCUT2D eigenvalue weighted by molar-refractivity contribution is 5.93. The molecule has 2 heterocycles. The van der Waals surface area contributed by atoms with Crippen LogP contribution in [0.2, 0.25) is 0 Å². The minimum absolute atomic E-state index is 0.243. The molecule has 0 saturated carbocycles. The first-order chi connectivity index (χ1) is 12.7. The lowest BCUT2D eigenvalue weighted by Gasteiger charge is -2.14. The number of furan rings is 1. The molecule has 2 aromatic heterocycles. The van der Waals surface area contributed by atoms with E-state index in [4.69, 9.17) is 4.42 Å². The predicted molar refractivity (Wildman–Crippen MR) is 101 cm³/mol. The molecule has 3 rings (SSSR count). The van der Waals surface area contributed by atoms with Crippen LogP contribution in [0.25, 0.3) is 11.4 Å². The van der Waals surface area contributed by atoms with E-state index < -0.39 is 0 Å². The molecule has 1 unspecified atom stereocenters. The molecule has 0 aliphatic carbocycles. The Morgan fingerprint density at radius 1 is 1.15 bits per heavy atom. The predicted octanol–water partition coefficient (Wildman–Crippen LogP) is 3.88. The molecule has 0 saturated heterocycles. The summed E-state index contributed by atoms with van der Waals surface area (Å²) in [5.41, 5.74) is 1.18. The molecule has 1 atom stereocenters. The van der Waals surface area contributed by atoms with Crippen LogP contribution in [0, 0.1) is 0 Å². The van der Waals surface area contributed by atoms with Crippen molar-refractivity contribution in [2.24, 2.45) is 0 Å². The molecule has 6 heteroatoms. The standard InChI is InChI=1S/C20H22N4O2/c1-3-14(2)22-18-12-17(20(25)21-13-16-10-7-11-26-16)23-19(24-18)15-8-5-4-6-9-15/h4-12,14H,3,13H2,1-2H3,(H,21,25)(H,22,23,24). The highest BCUT2D eigenvalue weighted by Crippen LogP contribution is 2.18. The summed E-state index contributed by atoms with van der Waals surface area (Å²) in [7, 11) is 0. The van der Waals surface area contributed by atoms with Crippen molar-refractivity contribution in [3.8, 4) is 11.4 Å². The van der Waals surface area contributed by atoms with Gasteiger partial charge in [-0.3, -0.25) is 4.79 Å². The van der Waals surface area contributed by atoms with Crippen molar-refractivity contribution in [1.29, 1.82) is 0 Å². The first kappa shape index (κ1) is 17.7. The lowest BCUT2D eigenvalue weighted by molar-refractivity contribution is 0.0943. The molecule has 0 spiro atoms. The molecule has 2 N–H and O–H groups in total. The van der Waals surface area contributed by atoms with Gasteiger partial charge in [-0.2, -0.15) is 0 Å². The van der Waals surface area contributed by atoms with Crippen molar-refractivity contribution in [2.45, 2.75) is 32.9 Å². The molecule has 1 aromatic carbocycles. The van der Waals surface area contributed by atoms with E-state index in [2.05, 4.69) is 34.4 Å². The van der Waals surface area contributed by atoms with Gasteiger partial charge in [0.25, 0.3) is 5.91 Å². The van der Waals surface area contributed by atoms with Gasteiger partial charge in [-0.05, 0) is 25.5 Å². The molecule has 0 aliphatic heterocycles. The molecule has 0 radical (unpaired) electrons. The van der Waals surface area contributed by atoms with Crippen LogP contribution in [0.15, 0.2) is 59.2 Å².